The van der Waals surface area contributed by atoms with Crippen molar-refractivity contribution in [1.82, 2.24) is 4.90 Å². The van der Waals surface area contributed by atoms with Gasteiger partial charge in [-0.3, -0.25) is 9.59 Å². The number of carbonyl (C=O) groups is 2. The van der Waals surface area contributed by atoms with Gasteiger partial charge in [0, 0.05) is 25.4 Å². The van der Waals surface area contributed by atoms with Crippen LogP contribution in [-0.4, -0.2) is 48.6 Å². The van der Waals surface area contributed by atoms with Crippen molar-refractivity contribution in [3.8, 4) is 5.75 Å². The van der Waals surface area contributed by atoms with Crippen molar-refractivity contribution < 1.29 is 19.1 Å². The molecule has 0 bridgehead atoms. The third-order valence-electron chi connectivity index (χ3n) is 4.15. The van der Waals surface area contributed by atoms with Crippen molar-refractivity contribution in [3.05, 3.63) is 24.3 Å². The fraction of sp³-hybridized carbons (Fsp3) is 0.579. The molecule has 1 heterocycles. The average Bonchev–Trinajstić information content (AvgIpc) is 3.14. The zero-order chi connectivity index (χ0) is 18.3. The quantitative estimate of drug-likeness (QED) is 0.784. The van der Waals surface area contributed by atoms with Crippen LogP contribution in [-0.2, 0) is 14.3 Å². The molecule has 1 aromatic carbocycles. The number of anilines is 1. The van der Waals surface area contributed by atoms with E-state index in [0.717, 1.165) is 32.4 Å². The highest BCUT2D eigenvalue weighted by atomic mass is 16.5. The Balaban J connectivity index is 1.82. The van der Waals surface area contributed by atoms with E-state index in [0.29, 0.717) is 18.0 Å². The summed E-state index contributed by atoms with van der Waals surface area (Å²) in [6.07, 6.45) is 3.00. The van der Waals surface area contributed by atoms with E-state index >= 15 is 0 Å². The van der Waals surface area contributed by atoms with Crippen molar-refractivity contribution in [3.63, 3.8) is 0 Å². The number of carbonyl (C=O) groups excluding carboxylic acids is 2. The van der Waals surface area contributed by atoms with Crippen LogP contribution in [0.5, 0.6) is 5.75 Å². The number of hydrogen-bond donors (Lipinski definition) is 1. The van der Waals surface area contributed by atoms with Crippen molar-refractivity contribution in [2.24, 2.45) is 0 Å². The summed E-state index contributed by atoms with van der Waals surface area (Å²) in [7, 11) is 0. The van der Waals surface area contributed by atoms with E-state index in [2.05, 4.69) is 5.32 Å². The maximum absolute atomic E-state index is 12.3. The first-order valence-electron chi connectivity index (χ1n) is 8.88. The average molecular weight is 348 g/mol. The minimum absolute atomic E-state index is 0.0182. The number of likely N-dealkylation sites (tertiary alicyclic amines) is 1. The highest BCUT2D eigenvalue weighted by Gasteiger charge is 2.28. The van der Waals surface area contributed by atoms with E-state index in [-0.39, 0.29) is 18.4 Å². The molecule has 138 valence electrons. The number of benzene rings is 1. The predicted octanol–water partition coefficient (Wildman–Crippen LogP) is 2.83. The molecule has 0 spiro atoms. The Morgan fingerprint density at radius 2 is 1.80 bits per heavy atom. The Kier molecular flexibility index (Phi) is 6.82. The van der Waals surface area contributed by atoms with E-state index in [1.165, 1.54) is 0 Å². The predicted molar refractivity (Wildman–Crippen MR) is 96.7 cm³/mol. The Hall–Kier alpha value is -2.08. The van der Waals surface area contributed by atoms with E-state index in [1.807, 2.05) is 11.8 Å². The summed E-state index contributed by atoms with van der Waals surface area (Å²) in [5.41, 5.74) is -0.218. The van der Waals surface area contributed by atoms with Crippen LogP contribution in [0.2, 0.25) is 0 Å². The van der Waals surface area contributed by atoms with E-state index in [4.69, 9.17) is 9.47 Å². The summed E-state index contributed by atoms with van der Waals surface area (Å²) in [4.78, 5) is 26.1. The first-order valence-corrected chi connectivity index (χ1v) is 8.88. The molecule has 0 aliphatic carbocycles. The lowest BCUT2D eigenvalue weighted by atomic mass is 10.1. The Bertz CT molecular complexity index is 578. The molecule has 2 amide bonds. The van der Waals surface area contributed by atoms with Gasteiger partial charge in [0.2, 0.25) is 0 Å². The fourth-order valence-electron chi connectivity index (χ4n) is 2.54. The third-order valence-corrected chi connectivity index (χ3v) is 4.15. The summed E-state index contributed by atoms with van der Waals surface area (Å²) in [6.45, 7) is 7.73. The molecule has 1 fully saturated rings. The zero-order valence-corrected chi connectivity index (χ0v) is 15.3. The number of nitrogens with one attached hydrogen (secondary N) is 1. The Morgan fingerprint density at radius 3 is 2.40 bits per heavy atom. The Labute approximate surface area is 149 Å². The van der Waals surface area contributed by atoms with Crippen LogP contribution >= 0.6 is 0 Å². The van der Waals surface area contributed by atoms with Gasteiger partial charge in [-0.1, -0.05) is 6.92 Å². The molecule has 0 saturated carbocycles. The van der Waals surface area contributed by atoms with Crippen molar-refractivity contribution in [1.29, 1.82) is 0 Å². The second-order valence-electron chi connectivity index (χ2n) is 6.71. The van der Waals surface area contributed by atoms with E-state index in [1.54, 1.807) is 38.1 Å². The SMILES string of the molecule is CCCOC(C)(C)C(=O)Nc1ccc(OCC(=O)N2CCCC2)cc1. The van der Waals surface area contributed by atoms with Crippen LogP contribution in [0.1, 0.15) is 40.0 Å². The summed E-state index contributed by atoms with van der Waals surface area (Å²) in [6, 6.07) is 6.99. The van der Waals surface area contributed by atoms with Crippen LogP contribution in [0.25, 0.3) is 0 Å². The van der Waals surface area contributed by atoms with Crippen LogP contribution in [0.3, 0.4) is 0 Å². The molecule has 1 aliphatic heterocycles. The van der Waals surface area contributed by atoms with Gasteiger partial charge in [0.1, 0.15) is 11.4 Å². The summed E-state index contributed by atoms with van der Waals surface area (Å²) in [5.74, 6) is 0.426. The number of ether oxygens (including phenoxy) is 2. The highest BCUT2D eigenvalue weighted by Crippen LogP contribution is 2.19. The summed E-state index contributed by atoms with van der Waals surface area (Å²) >= 11 is 0. The molecule has 6 heteroatoms. The molecular formula is C19H28N2O4. The topological polar surface area (TPSA) is 67.9 Å². The van der Waals surface area contributed by atoms with Gasteiger partial charge in [-0.15, -0.1) is 0 Å². The molecule has 1 saturated heterocycles. The first-order chi connectivity index (χ1) is 11.9. The molecule has 0 radical (unpaired) electrons. The number of hydrogen-bond acceptors (Lipinski definition) is 4. The first kappa shape index (κ1) is 19.2. The van der Waals surface area contributed by atoms with Gasteiger partial charge in [-0.05, 0) is 57.4 Å². The minimum Gasteiger partial charge on any atom is -0.484 e. The van der Waals surface area contributed by atoms with Crippen molar-refractivity contribution >= 4 is 17.5 Å². The minimum atomic E-state index is -0.882. The lowest BCUT2D eigenvalue weighted by Gasteiger charge is -2.24. The standard InChI is InChI=1S/C19H28N2O4/c1-4-13-25-19(2,3)18(23)20-15-7-9-16(10-8-15)24-14-17(22)21-11-5-6-12-21/h7-10H,4-6,11-14H2,1-3H3,(H,20,23). The van der Waals surface area contributed by atoms with Gasteiger partial charge in [-0.25, -0.2) is 0 Å². The molecule has 1 aliphatic rings. The maximum Gasteiger partial charge on any atom is 0.260 e. The molecule has 0 atom stereocenters. The van der Waals surface area contributed by atoms with Gasteiger partial charge in [-0.2, -0.15) is 0 Å². The fourth-order valence-corrected chi connectivity index (χ4v) is 2.54. The van der Waals surface area contributed by atoms with E-state index < -0.39 is 5.60 Å². The van der Waals surface area contributed by atoms with Gasteiger partial charge >= 0.3 is 0 Å². The second-order valence-corrected chi connectivity index (χ2v) is 6.71. The van der Waals surface area contributed by atoms with Gasteiger partial charge in [0.25, 0.3) is 11.8 Å². The Morgan fingerprint density at radius 1 is 1.16 bits per heavy atom. The lowest BCUT2D eigenvalue weighted by molar-refractivity contribution is -0.137. The van der Waals surface area contributed by atoms with Crippen LogP contribution in [0.15, 0.2) is 24.3 Å². The van der Waals surface area contributed by atoms with Gasteiger partial charge in [0.15, 0.2) is 6.61 Å². The van der Waals surface area contributed by atoms with Crippen molar-refractivity contribution in [2.75, 3.05) is 31.6 Å². The van der Waals surface area contributed by atoms with Crippen LogP contribution < -0.4 is 10.1 Å². The normalized spacial score (nSPS) is 14.4. The number of amides is 2. The maximum atomic E-state index is 12.3. The van der Waals surface area contributed by atoms with Crippen LogP contribution in [0, 0.1) is 0 Å². The summed E-state index contributed by atoms with van der Waals surface area (Å²) in [5, 5.41) is 2.83. The molecule has 6 nitrogen and oxygen atoms in total. The second kappa shape index (κ2) is 8.85. The molecule has 25 heavy (non-hydrogen) atoms. The number of nitrogens with zero attached hydrogens (tertiary/aromatic N) is 1. The molecule has 1 N–H and O–H groups in total. The lowest BCUT2D eigenvalue weighted by Crippen LogP contribution is -2.40. The molecule has 2 rings (SSSR count). The molecule has 1 aromatic rings. The highest BCUT2D eigenvalue weighted by molar-refractivity contribution is 5.96. The molecular weight excluding hydrogens is 320 g/mol. The largest absolute Gasteiger partial charge is 0.484 e. The van der Waals surface area contributed by atoms with Gasteiger partial charge < -0.3 is 19.7 Å². The van der Waals surface area contributed by atoms with Crippen LogP contribution in [0.4, 0.5) is 5.69 Å². The zero-order valence-electron chi connectivity index (χ0n) is 15.3. The third kappa shape index (κ3) is 5.74. The monoisotopic (exact) mass is 348 g/mol. The molecule has 0 aromatic heterocycles. The molecule has 0 unspecified atom stereocenters. The van der Waals surface area contributed by atoms with E-state index in [9.17, 15) is 9.59 Å². The number of rotatable bonds is 8. The van der Waals surface area contributed by atoms with Crippen molar-refractivity contribution in [2.45, 2.75) is 45.6 Å². The smallest absolute Gasteiger partial charge is 0.260 e. The van der Waals surface area contributed by atoms with Gasteiger partial charge in [0.05, 0.1) is 0 Å². The summed E-state index contributed by atoms with van der Waals surface area (Å²) < 4.78 is 11.1.